The molecule has 3 nitrogen and oxygen atoms in total. The molecule has 2 aromatic rings. The van der Waals surface area contributed by atoms with Gasteiger partial charge in [-0.25, -0.2) is 18.0 Å². The van der Waals surface area contributed by atoms with Crippen LogP contribution in [0, 0.1) is 17.5 Å². The predicted octanol–water partition coefficient (Wildman–Crippen LogP) is 3.50. The third kappa shape index (κ3) is 3.34. The van der Waals surface area contributed by atoms with Crippen molar-refractivity contribution in [2.75, 3.05) is 12.4 Å². The maximum absolute atomic E-state index is 13.8. The quantitative estimate of drug-likeness (QED) is 0.877. The molecule has 0 unspecified atom stereocenters. The number of methoxy groups -OCH3 is 1. The molecular weight excluding hydrogens is 283 g/mol. The summed E-state index contributed by atoms with van der Waals surface area (Å²) in [6.45, 7) is 0.117. The van der Waals surface area contributed by atoms with Crippen LogP contribution in [-0.4, -0.2) is 13.1 Å². The van der Waals surface area contributed by atoms with Crippen molar-refractivity contribution in [1.29, 1.82) is 0 Å². The van der Waals surface area contributed by atoms with Crippen LogP contribution in [0.1, 0.15) is 15.9 Å². The summed E-state index contributed by atoms with van der Waals surface area (Å²) in [7, 11) is 1.08. The van der Waals surface area contributed by atoms with Gasteiger partial charge in [-0.15, -0.1) is 0 Å². The van der Waals surface area contributed by atoms with Gasteiger partial charge in [-0.3, -0.25) is 0 Å². The van der Waals surface area contributed by atoms with Crippen molar-refractivity contribution >= 4 is 11.7 Å². The molecule has 0 bridgehead atoms. The lowest BCUT2D eigenvalue weighted by Crippen LogP contribution is -2.09. The Balaban J connectivity index is 2.18. The number of ether oxygens (including phenoxy) is 1. The van der Waals surface area contributed by atoms with Gasteiger partial charge in [0.15, 0.2) is 11.6 Å². The summed E-state index contributed by atoms with van der Waals surface area (Å²) in [6, 6.07) is 8.08. The molecule has 0 spiro atoms. The van der Waals surface area contributed by atoms with E-state index in [4.69, 9.17) is 0 Å². The molecule has 0 radical (unpaired) electrons. The molecule has 0 aliphatic heterocycles. The number of rotatable bonds is 4. The second-order valence-corrected chi connectivity index (χ2v) is 4.26. The molecule has 0 saturated heterocycles. The average molecular weight is 295 g/mol. The van der Waals surface area contributed by atoms with Crippen LogP contribution in [0.15, 0.2) is 36.4 Å². The van der Waals surface area contributed by atoms with Gasteiger partial charge in [0, 0.05) is 6.54 Å². The molecule has 0 heterocycles. The minimum Gasteiger partial charge on any atom is -0.465 e. The smallest absolute Gasteiger partial charge is 0.340 e. The number of halogens is 3. The van der Waals surface area contributed by atoms with E-state index in [0.717, 1.165) is 13.2 Å². The standard InChI is InChI=1S/C15H12F3NO2/c1-21-15(20)11-5-6-12(14(18)13(11)17)19-8-9-3-2-4-10(16)7-9/h2-7,19H,8H2,1H3. The number of hydrogen-bond donors (Lipinski definition) is 1. The Morgan fingerprint density at radius 3 is 2.57 bits per heavy atom. The van der Waals surface area contributed by atoms with Crippen LogP contribution in [-0.2, 0) is 11.3 Å². The molecule has 0 atom stereocenters. The molecule has 110 valence electrons. The Labute approximate surface area is 119 Å². The zero-order chi connectivity index (χ0) is 15.4. The molecule has 6 heteroatoms. The van der Waals surface area contributed by atoms with Gasteiger partial charge in [0.05, 0.1) is 18.4 Å². The monoisotopic (exact) mass is 295 g/mol. The minimum atomic E-state index is -1.29. The van der Waals surface area contributed by atoms with Gasteiger partial charge in [-0.2, -0.15) is 0 Å². The topological polar surface area (TPSA) is 38.3 Å². The summed E-state index contributed by atoms with van der Waals surface area (Å²) in [5, 5.41) is 2.65. The molecule has 0 saturated carbocycles. The van der Waals surface area contributed by atoms with E-state index in [1.54, 1.807) is 6.07 Å². The fraction of sp³-hybridized carbons (Fsp3) is 0.133. The zero-order valence-corrected chi connectivity index (χ0v) is 11.1. The maximum Gasteiger partial charge on any atom is 0.340 e. The Kier molecular flexibility index (Phi) is 4.47. The van der Waals surface area contributed by atoms with E-state index in [1.165, 1.54) is 24.3 Å². The highest BCUT2D eigenvalue weighted by Crippen LogP contribution is 2.22. The van der Waals surface area contributed by atoms with E-state index in [2.05, 4.69) is 10.1 Å². The highest BCUT2D eigenvalue weighted by molar-refractivity contribution is 5.90. The first-order valence-corrected chi connectivity index (χ1v) is 6.07. The number of carbonyl (C=O) groups excluding carboxylic acids is 1. The lowest BCUT2D eigenvalue weighted by molar-refractivity contribution is 0.0594. The molecule has 0 amide bonds. The molecule has 2 aromatic carbocycles. The van der Waals surface area contributed by atoms with Gasteiger partial charge in [0.25, 0.3) is 0 Å². The molecule has 21 heavy (non-hydrogen) atoms. The van der Waals surface area contributed by atoms with Crippen LogP contribution >= 0.6 is 0 Å². The van der Waals surface area contributed by atoms with E-state index < -0.39 is 29.0 Å². The van der Waals surface area contributed by atoms with Crippen LogP contribution in [0.2, 0.25) is 0 Å². The summed E-state index contributed by atoms with van der Waals surface area (Å²) < 4.78 is 44.9. The SMILES string of the molecule is COC(=O)c1ccc(NCc2cccc(F)c2)c(F)c1F. The first kappa shape index (κ1) is 14.9. The van der Waals surface area contributed by atoms with Crippen LogP contribution in [0.25, 0.3) is 0 Å². The maximum atomic E-state index is 13.8. The van der Waals surface area contributed by atoms with Gasteiger partial charge in [-0.05, 0) is 29.8 Å². The third-order valence-electron chi connectivity index (χ3n) is 2.86. The number of benzene rings is 2. The highest BCUT2D eigenvalue weighted by Gasteiger charge is 2.18. The summed E-state index contributed by atoms with van der Waals surface area (Å²) in [5.74, 6) is -3.84. The van der Waals surface area contributed by atoms with Crippen molar-refractivity contribution in [3.8, 4) is 0 Å². The summed E-state index contributed by atoms with van der Waals surface area (Å²) in [6.07, 6.45) is 0. The van der Waals surface area contributed by atoms with E-state index in [-0.39, 0.29) is 12.2 Å². The Morgan fingerprint density at radius 1 is 1.14 bits per heavy atom. The van der Waals surface area contributed by atoms with Crippen LogP contribution in [0.4, 0.5) is 18.9 Å². The van der Waals surface area contributed by atoms with Crippen LogP contribution in [0.3, 0.4) is 0 Å². The summed E-state index contributed by atoms with van der Waals surface area (Å²) in [5.41, 5.74) is -0.0254. The first-order chi connectivity index (χ1) is 10.0. The molecular formula is C15H12F3NO2. The van der Waals surface area contributed by atoms with Crippen molar-refractivity contribution in [3.63, 3.8) is 0 Å². The van der Waals surface area contributed by atoms with Crippen molar-refractivity contribution in [3.05, 3.63) is 65.0 Å². The fourth-order valence-corrected chi connectivity index (χ4v) is 1.80. The second-order valence-electron chi connectivity index (χ2n) is 4.26. The van der Waals surface area contributed by atoms with E-state index in [0.29, 0.717) is 5.56 Å². The Morgan fingerprint density at radius 2 is 1.90 bits per heavy atom. The van der Waals surface area contributed by atoms with Crippen LogP contribution < -0.4 is 5.32 Å². The molecule has 0 aliphatic carbocycles. The van der Waals surface area contributed by atoms with Crippen molar-refractivity contribution in [2.24, 2.45) is 0 Å². The number of hydrogen-bond acceptors (Lipinski definition) is 3. The largest absolute Gasteiger partial charge is 0.465 e. The van der Waals surface area contributed by atoms with Gasteiger partial charge < -0.3 is 10.1 Å². The predicted molar refractivity (Wildman–Crippen MR) is 71.4 cm³/mol. The second kappa shape index (κ2) is 6.30. The Hall–Kier alpha value is -2.50. The van der Waals surface area contributed by atoms with Gasteiger partial charge >= 0.3 is 5.97 Å². The number of esters is 1. The van der Waals surface area contributed by atoms with Crippen molar-refractivity contribution in [1.82, 2.24) is 0 Å². The minimum absolute atomic E-state index is 0.117. The van der Waals surface area contributed by atoms with Crippen LogP contribution in [0.5, 0.6) is 0 Å². The third-order valence-corrected chi connectivity index (χ3v) is 2.86. The molecule has 0 aliphatic rings. The molecule has 2 rings (SSSR count). The lowest BCUT2D eigenvalue weighted by Gasteiger charge is -2.10. The fourth-order valence-electron chi connectivity index (χ4n) is 1.80. The van der Waals surface area contributed by atoms with Gasteiger partial charge in [0.2, 0.25) is 0 Å². The zero-order valence-electron chi connectivity index (χ0n) is 11.1. The number of carbonyl (C=O) groups is 1. The normalized spacial score (nSPS) is 10.3. The van der Waals surface area contributed by atoms with Gasteiger partial charge in [0.1, 0.15) is 5.82 Å². The molecule has 1 N–H and O–H groups in total. The van der Waals surface area contributed by atoms with Crippen molar-refractivity contribution in [2.45, 2.75) is 6.54 Å². The first-order valence-electron chi connectivity index (χ1n) is 6.07. The van der Waals surface area contributed by atoms with E-state index >= 15 is 0 Å². The van der Waals surface area contributed by atoms with Crippen molar-refractivity contribution < 1.29 is 22.7 Å². The lowest BCUT2D eigenvalue weighted by atomic mass is 10.1. The summed E-state index contributed by atoms with van der Waals surface area (Å²) >= 11 is 0. The number of nitrogens with one attached hydrogen (secondary N) is 1. The van der Waals surface area contributed by atoms with E-state index in [9.17, 15) is 18.0 Å². The van der Waals surface area contributed by atoms with E-state index in [1.807, 2.05) is 0 Å². The summed E-state index contributed by atoms with van der Waals surface area (Å²) in [4.78, 5) is 11.2. The number of anilines is 1. The molecule has 0 fully saturated rings. The Bertz CT molecular complexity index is 674. The van der Waals surface area contributed by atoms with Gasteiger partial charge in [-0.1, -0.05) is 12.1 Å². The highest BCUT2D eigenvalue weighted by atomic mass is 19.2. The average Bonchev–Trinajstić information content (AvgIpc) is 2.48. The molecule has 0 aromatic heterocycles.